The number of rotatable bonds is 7. The quantitative estimate of drug-likeness (QED) is 0.196. The Morgan fingerprint density at radius 1 is 0.857 bits per heavy atom. The molecule has 0 fully saturated rings. The number of amides is 1. The molecule has 0 spiro atoms. The second kappa shape index (κ2) is 12.3. The van der Waals surface area contributed by atoms with Crippen molar-refractivity contribution < 1.29 is 23.8 Å². The summed E-state index contributed by atoms with van der Waals surface area (Å²) in [4.78, 5) is 45.8. The van der Waals surface area contributed by atoms with Gasteiger partial charge in [-0.1, -0.05) is 72.8 Å². The standard InChI is InChI=1S/C33H33N3O6/c1-33(2,3)42-31(38)35-20-26-27(21-35)34-29(36(30(26)37)19-18-23-12-6-4-7-13-23)25-16-10-11-17-28(25)41-32(39)40-22-24-14-8-5-9-15-24/h4-17H,18-22H2,1-3H3. The van der Waals surface area contributed by atoms with Crippen molar-refractivity contribution in [3.63, 3.8) is 0 Å². The third kappa shape index (κ3) is 6.86. The Labute approximate surface area is 244 Å². The number of para-hydroxylation sites is 1. The Kier molecular flexibility index (Phi) is 8.38. The van der Waals surface area contributed by atoms with E-state index in [-0.39, 0.29) is 31.0 Å². The summed E-state index contributed by atoms with van der Waals surface area (Å²) in [7, 11) is 0. The molecule has 0 bridgehead atoms. The van der Waals surface area contributed by atoms with E-state index in [0.717, 1.165) is 11.1 Å². The lowest BCUT2D eigenvalue weighted by Crippen LogP contribution is -2.34. The number of ether oxygens (including phenoxy) is 3. The van der Waals surface area contributed by atoms with Crippen LogP contribution in [0.1, 0.15) is 43.2 Å². The van der Waals surface area contributed by atoms with Gasteiger partial charge in [0.15, 0.2) is 0 Å². The maximum absolute atomic E-state index is 13.9. The van der Waals surface area contributed by atoms with E-state index in [4.69, 9.17) is 19.2 Å². The van der Waals surface area contributed by atoms with Crippen molar-refractivity contribution in [3.05, 3.63) is 118 Å². The highest BCUT2D eigenvalue weighted by Gasteiger charge is 2.32. The summed E-state index contributed by atoms with van der Waals surface area (Å²) in [5.74, 6) is 0.546. The van der Waals surface area contributed by atoms with Crippen LogP contribution in [-0.4, -0.2) is 32.3 Å². The van der Waals surface area contributed by atoms with Crippen LogP contribution in [0.15, 0.2) is 89.7 Å². The van der Waals surface area contributed by atoms with E-state index in [0.29, 0.717) is 35.6 Å². The van der Waals surface area contributed by atoms with Crippen molar-refractivity contribution in [2.75, 3.05) is 0 Å². The molecule has 0 atom stereocenters. The first kappa shape index (κ1) is 28.6. The van der Waals surface area contributed by atoms with Gasteiger partial charge in [-0.25, -0.2) is 14.6 Å². The van der Waals surface area contributed by atoms with Crippen molar-refractivity contribution in [2.45, 2.75) is 59.0 Å². The Balaban J connectivity index is 1.47. The molecule has 9 heteroatoms. The maximum Gasteiger partial charge on any atom is 0.514 e. The number of carbonyl (C=O) groups excluding carboxylic acids is 2. The number of aryl methyl sites for hydroxylation is 1. The summed E-state index contributed by atoms with van der Waals surface area (Å²) in [5, 5.41) is 0. The summed E-state index contributed by atoms with van der Waals surface area (Å²) < 4.78 is 18.1. The van der Waals surface area contributed by atoms with E-state index < -0.39 is 17.8 Å². The van der Waals surface area contributed by atoms with Crippen LogP contribution in [0.2, 0.25) is 0 Å². The monoisotopic (exact) mass is 567 g/mol. The van der Waals surface area contributed by atoms with Crippen molar-refractivity contribution >= 4 is 12.2 Å². The smallest absolute Gasteiger partial charge is 0.444 e. The second-order valence-corrected chi connectivity index (χ2v) is 11.0. The minimum absolute atomic E-state index is 0.0568. The molecule has 3 aromatic carbocycles. The summed E-state index contributed by atoms with van der Waals surface area (Å²) in [6, 6.07) is 26.0. The highest BCUT2D eigenvalue weighted by atomic mass is 16.7. The Hall–Kier alpha value is -4.92. The van der Waals surface area contributed by atoms with Crippen molar-refractivity contribution in [1.82, 2.24) is 14.5 Å². The Bertz CT molecular complexity index is 1630. The van der Waals surface area contributed by atoms with Crippen molar-refractivity contribution in [2.24, 2.45) is 0 Å². The Morgan fingerprint density at radius 3 is 2.19 bits per heavy atom. The lowest BCUT2D eigenvalue weighted by molar-refractivity contribution is 0.0240. The van der Waals surface area contributed by atoms with Gasteiger partial charge < -0.3 is 14.2 Å². The predicted molar refractivity (Wildman–Crippen MR) is 157 cm³/mol. The van der Waals surface area contributed by atoms with Gasteiger partial charge in [0, 0.05) is 6.54 Å². The molecule has 0 saturated carbocycles. The fourth-order valence-electron chi connectivity index (χ4n) is 4.69. The van der Waals surface area contributed by atoms with Gasteiger partial charge in [-0.15, -0.1) is 0 Å². The average molecular weight is 568 g/mol. The van der Waals surface area contributed by atoms with Gasteiger partial charge in [-0.05, 0) is 50.5 Å². The number of aromatic nitrogens is 2. The molecule has 4 aromatic rings. The minimum Gasteiger partial charge on any atom is -0.444 e. The number of fused-ring (bicyclic) bond motifs is 1. The van der Waals surface area contributed by atoms with Crippen LogP contribution in [0, 0.1) is 0 Å². The van der Waals surface area contributed by atoms with E-state index in [1.807, 2.05) is 60.7 Å². The van der Waals surface area contributed by atoms with Gasteiger partial charge in [-0.3, -0.25) is 14.3 Å². The predicted octanol–water partition coefficient (Wildman–Crippen LogP) is 6.12. The SMILES string of the molecule is CC(C)(C)OC(=O)N1Cc2nc(-c3ccccc3OC(=O)OCc3ccccc3)n(CCc3ccccc3)c(=O)c2C1. The molecular formula is C33H33N3O6. The fourth-order valence-corrected chi connectivity index (χ4v) is 4.69. The molecule has 0 saturated heterocycles. The molecule has 2 heterocycles. The molecule has 9 nitrogen and oxygen atoms in total. The zero-order chi connectivity index (χ0) is 29.7. The topological polar surface area (TPSA) is 100.0 Å². The van der Waals surface area contributed by atoms with Crippen LogP contribution in [0.25, 0.3) is 11.4 Å². The van der Waals surface area contributed by atoms with Crippen LogP contribution < -0.4 is 10.3 Å². The molecule has 0 unspecified atom stereocenters. The molecule has 0 N–H and O–H groups in total. The highest BCUT2D eigenvalue weighted by Crippen LogP contribution is 2.31. The second-order valence-electron chi connectivity index (χ2n) is 11.0. The van der Waals surface area contributed by atoms with Gasteiger partial charge in [0.2, 0.25) is 0 Å². The molecule has 5 rings (SSSR count). The van der Waals surface area contributed by atoms with Gasteiger partial charge >= 0.3 is 12.2 Å². The van der Waals surface area contributed by atoms with Gasteiger partial charge in [0.05, 0.1) is 29.9 Å². The van der Waals surface area contributed by atoms with E-state index in [1.165, 1.54) is 4.90 Å². The van der Waals surface area contributed by atoms with Crippen LogP contribution in [0.5, 0.6) is 5.75 Å². The number of carbonyl (C=O) groups is 2. The van der Waals surface area contributed by atoms with Crippen LogP contribution in [0.4, 0.5) is 9.59 Å². The third-order valence-electron chi connectivity index (χ3n) is 6.68. The van der Waals surface area contributed by atoms with Gasteiger partial charge in [-0.2, -0.15) is 0 Å². The summed E-state index contributed by atoms with van der Waals surface area (Å²) in [6.45, 7) is 6.01. The number of hydrogen-bond donors (Lipinski definition) is 0. The maximum atomic E-state index is 13.9. The summed E-state index contributed by atoms with van der Waals surface area (Å²) >= 11 is 0. The first-order chi connectivity index (χ1) is 20.2. The van der Waals surface area contributed by atoms with E-state index in [2.05, 4.69) is 0 Å². The van der Waals surface area contributed by atoms with E-state index >= 15 is 0 Å². The lowest BCUT2D eigenvalue weighted by Gasteiger charge is -2.23. The first-order valence-electron chi connectivity index (χ1n) is 13.8. The highest BCUT2D eigenvalue weighted by molar-refractivity contribution is 5.72. The fraction of sp³-hybridized carbons (Fsp3) is 0.273. The first-order valence-corrected chi connectivity index (χ1v) is 13.8. The van der Waals surface area contributed by atoms with Crippen LogP contribution in [-0.2, 0) is 42.1 Å². The molecule has 1 aliphatic heterocycles. The molecule has 0 radical (unpaired) electrons. The largest absolute Gasteiger partial charge is 0.514 e. The molecule has 0 aliphatic carbocycles. The molecule has 42 heavy (non-hydrogen) atoms. The molecular weight excluding hydrogens is 534 g/mol. The molecule has 1 aromatic heterocycles. The molecule has 1 aliphatic rings. The number of hydrogen-bond acceptors (Lipinski definition) is 7. The average Bonchev–Trinajstić information content (AvgIpc) is 3.41. The lowest BCUT2D eigenvalue weighted by atomic mass is 10.1. The van der Waals surface area contributed by atoms with Gasteiger partial charge in [0.1, 0.15) is 23.8 Å². The summed E-state index contributed by atoms with van der Waals surface area (Å²) in [6.07, 6.45) is -0.810. The summed E-state index contributed by atoms with van der Waals surface area (Å²) in [5.41, 5.74) is 2.34. The van der Waals surface area contributed by atoms with Crippen LogP contribution >= 0.6 is 0 Å². The van der Waals surface area contributed by atoms with Crippen LogP contribution in [0.3, 0.4) is 0 Å². The normalized spacial score (nSPS) is 12.5. The zero-order valence-electron chi connectivity index (χ0n) is 23.9. The van der Waals surface area contributed by atoms with Gasteiger partial charge in [0.25, 0.3) is 5.56 Å². The number of benzene rings is 3. The minimum atomic E-state index is -0.873. The van der Waals surface area contributed by atoms with Crippen molar-refractivity contribution in [1.29, 1.82) is 0 Å². The van der Waals surface area contributed by atoms with E-state index in [1.54, 1.807) is 49.6 Å². The zero-order valence-corrected chi connectivity index (χ0v) is 23.9. The van der Waals surface area contributed by atoms with E-state index in [9.17, 15) is 14.4 Å². The third-order valence-corrected chi connectivity index (χ3v) is 6.68. The molecule has 1 amide bonds. The Morgan fingerprint density at radius 2 is 1.50 bits per heavy atom. The number of nitrogens with zero attached hydrogens (tertiary/aromatic N) is 3. The molecule has 216 valence electrons. The van der Waals surface area contributed by atoms with Crippen molar-refractivity contribution in [3.8, 4) is 17.1 Å².